The van der Waals surface area contributed by atoms with Crippen molar-refractivity contribution in [1.29, 1.82) is 0 Å². The third-order valence-corrected chi connectivity index (χ3v) is 14.9. The van der Waals surface area contributed by atoms with E-state index >= 15 is 9.59 Å². The van der Waals surface area contributed by atoms with Gasteiger partial charge in [-0.25, -0.2) is 13.2 Å². The van der Waals surface area contributed by atoms with E-state index in [0.29, 0.717) is 42.7 Å². The smallest absolute Gasteiger partial charge is 0.329 e. The van der Waals surface area contributed by atoms with Crippen LogP contribution in [0.5, 0.6) is 0 Å². The van der Waals surface area contributed by atoms with Gasteiger partial charge in [-0.2, -0.15) is 0 Å². The Morgan fingerprint density at radius 3 is 2.15 bits per heavy atom. The molecule has 4 heterocycles. The van der Waals surface area contributed by atoms with Crippen LogP contribution in [0.4, 0.5) is 4.79 Å². The Labute approximate surface area is 356 Å². The minimum atomic E-state index is -3.94. The van der Waals surface area contributed by atoms with Gasteiger partial charge in [0.1, 0.15) is 11.6 Å². The molecule has 8 rings (SSSR count). The van der Waals surface area contributed by atoms with Gasteiger partial charge in [-0.15, -0.1) is 6.58 Å². The van der Waals surface area contributed by atoms with Crippen molar-refractivity contribution in [1.82, 2.24) is 34.3 Å². The van der Waals surface area contributed by atoms with Gasteiger partial charge in [0.2, 0.25) is 27.7 Å². The molecule has 0 bridgehead atoms. The number of amides is 5. The topological polar surface area (TPSA) is 171 Å². The average Bonchev–Trinajstić information content (AvgIpc) is 4.16. The molecule has 61 heavy (non-hydrogen) atoms. The maximum Gasteiger partial charge on any atom is 0.329 e. The Hall–Kier alpha value is -5.57. The van der Waals surface area contributed by atoms with Crippen molar-refractivity contribution in [2.24, 2.45) is 17.3 Å². The van der Waals surface area contributed by atoms with Gasteiger partial charge in [0.15, 0.2) is 0 Å². The quantitative estimate of drug-likeness (QED) is 0.180. The van der Waals surface area contributed by atoms with Gasteiger partial charge in [-0.3, -0.25) is 33.5 Å². The first-order valence-corrected chi connectivity index (χ1v) is 23.0. The van der Waals surface area contributed by atoms with E-state index in [1.807, 2.05) is 86.3 Å². The summed E-state index contributed by atoms with van der Waals surface area (Å²) in [7, 11) is -3.94. The zero-order chi connectivity index (χ0) is 43.3. The predicted molar refractivity (Wildman–Crippen MR) is 231 cm³/mol. The van der Waals surface area contributed by atoms with Gasteiger partial charge in [-0.1, -0.05) is 69.3 Å². The zero-order valence-electron chi connectivity index (χ0n) is 35.1. The van der Waals surface area contributed by atoms with Crippen molar-refractivity contribution >= 4 is 61.5 Å². The second kappa shape index (κ2) is 16.4. The van der Waals surface area contributed by atoms with Crippen molar-refractivity contribution in [3.8, 4) is 0 Å². The molecule has 2 saturated carbocycles. The molecule has 4 fully saturated rings. The molecule has 14 nitrogen and oxygen atoms in total. The lowest BCUT2D eigenvalue weighted by atomic mass is 9.77. The lowest BCUT2D eigenvalue weighted by Gasteiger charge is -2.37. The van der Waals surface area contributed by atoms with Crippen LogP contribution in [0.1, 0.15) is 77.8 Å². The largest absolute Gasteiger partial charge is 0.343 e. The summed E-state index contributed by atoms with van der Waals surface area (Å²) in [5.41, 5.74) is -0.296. The van der Waals surface area contributed by atoms with Crippen molar-refractivity contribution in [3.05, 3.63) is 91.3 Å². The fourth-order valence-corrected chi connectivity index (χ4v) is 10.6. The van der Waals surface area contributed by atoms with Crippen LogP contribution in [0.25, 0.3) is 21.8 Å². The highest BCUT2D eigenvalue weighted by molar-refractivity contribution is 7.91. The lowest BCUT2D eigenvalue weighted by Crippen LogP contribution is -2.57. The Morgan fingerprint density at radius 1 is 0.934 bits per heavy atom. The highest BCUT2D eigenvalue weighted by atomic mass is 32.2. The first-order chi connectivity index (χ1) is 29.1. The van der Waals surface area contributed by atoms with Gasteiger partial charge in [-0.05, 0) is 74.6 Å². The Bertz CT molecular complexity index is 2440. The minimum absolute atomic E-state index is 0.00103. The van der Waals surface area contributed by atoms with Crippen LogP contribution in [-0.4, -0.2) is 105 Å². The number of para-hydroxylation sites is 2. The number of sulfonamides is 1. The summed E-state index contributed by atoms with van der Waals surface area (Å²) >= 11 is 0. The molecule has 2 aromatic heterocycles. The molecule has 2 aliphatic carbocycles. The number of aromatic nitrogens is 2. The molecular formula is C46H55N7O7S. The number of fused-ring (bicyclic) bond motifs is 3. The molecule has 0 radical (unpaired) electrons. The van der Waals surface area contributed by atoms with Crippen molar-refractivity contribution in [2.45, 2.75) is 102 Å². The van der Waals surface area contributed by atoms with Gasteiger partial charge in [0, 0.05) is 48.9 Å². The van der Waals surface area contributed by atoms with Crippen LogP contribution in [-0.2, 0) is 35.7 Å². The van der Waals surface area contributed by atoms with Gasteiger partial charge in [0.05, 0.1) is 40.5 Å². The fraction of sp³-hybridized carbons (Fsp3) is 0.478. The number of hydrogen-bond acceptors (Lipinski definition) is 8. The lowest BCUT2D eigenvalue weighted by molar-refractivity contribution is -0.148. The first kappa shape index (κ1) is 42.1. The summed E-state index contributed by atoms with van der Waals surface area (Å²) in [4.78, 5) is 82.4. The summed E-state index contributed by atoms with van der Waals surface area (Å²) in [6.07, 6.45) is 6.97. The molecule has 5 amide bonds. The maximum atomic E-state index is 15.3. The predicted octanol–water partition coefficient (Wildman–Crippen LogP) is 5.36. The molecule has 2 N–H and O–H groups in total. The van der Waals surface area contributed by atoms with Gasteiger partial charge in [0.25, 0.3) is 5.91 Å². The molecule has 0 spiro atoms. The van der Waals surface area contributed by atoms with E-state index in [9.17, 15) is 22.8 Å². The zero-order valence-corrected chi connectivity index (χ0v) is 35.9. The van der Waals surface area contributed by atoms with Crippen LogP contribution in [0, 0.1) is 17.3 Å². The molecule has 2 aromatic carbocycles. The minimum Gasteiger partial charge on any atom is -0.343 e. The van der Waals surface area contributed by atoms with Crippen molar-refractivity contribution < 1.29 is 32.4 Å². The summed E-state index contributed by atoms with van der Waals surface area (Å²) < 4.78 is 29.7. The molecule has 2 saturated heterocycles. The number of nitrogens with one attached hydrogen (secondary N) is 2. The van der Waals surface area contributed by atoms with Crippen molar-refractivity contribution in [2.75, 3.05) is 19.6 Å². The van der Waals surface area contributed by atoms with Crippen LogP contribution in [0.3, 0.4) is 0 Å². The highest BCUT2D eigenvalue weighted by Crippen LogP contribution is 2.46. The molecule has 2 aliphatic heterocycles. The van der Waals surface area contributed by atoms with Crippen LogP contribution in [0.2, 0.25) is 0 Å². The third-order valence-electron chi connectivity index (χ3n) is 13.1. The van der Waals surface area contributed by atoms with Crippen LogP contribution < -0.4 is 10.0 Å². The van der Waals surface area contributed by atoms with E-state index in [4.69, 9.17) is 0 Å². The third kappa shape index (κ3) is 8.28. The number of benzene rings is 2. The number of likely N-dealkylation sites (tertiary alicyclic amines) is 2. The number of carbonyl (C=O) groups is 5. The number of pyridine rings is 1. The number of hydrogen-bond donors (Lipinski definition) is 2. The molecule has 5 atom stereocenters. The van der Waals surface area contributed by atoms with Crippen LogP contribution in [0.15, 0.2) is 85.6 Å². The van der Waals surface area contributed by atoms with E-state index in [-0.39, 0.29) is 44.3 Å². The number of piperidine rings is 1. The SMILES string of the molecule is C=CC1C[C@]1(NC(=O)[C@@H]1C[C@@H](N(Cc2ccccn2)C(=O)n2c3ccccc3c3ccccc32)CN1C(=O)[C@@H](CC(=O)N1CCCCC1)C(C)(C)C)C(=O)NS(=O)(=O)C1CC1. The number of rotatable bonds is 12. The highest BCUT2D eigenvalue weighted by Gasteiger charge is 2.62. The second-order valence-electron chi connectivity index (χ2n) is 18.2. The molecular weight excluding hydrogens is 795 g/mol. The summed E-state index contributed by atoms with van der Waals surface area (Å²) in [5, 5.41) is 4.01. The summed E-state index contributed by atoms with van der Waals surface area (Å²) in [5.74, 6) is -3.40. The summed E-state index contributed by atoms with van der Waals surface area (Å²) in [6, 6.07) is 18.5. The monoisotopic (exact) mass is 849 g/mol. The fourth-order valence-electron chi connectivity index (χ4n) is 9.24. The molecule has 322 valence electrons. The van der Waals surface area contributed by atoms with E-state index in [1.165, 1.54) is 11.0 Å². The second-order valence-corrected chi connectivity index (χ2v) is 20.2. The summed E-state index contributed by atoms with van der Waals surface area (Å²) in [6.45, 7) is 10.8. The Morgan fingerprint density at radius 2 is 1.57 bits per heavy atom. The molecule has 1 unspecified atom stereocenters. The number of carbonyl (C=O) groups excluding carboxylic acids is 5. The van der Waals surface area contributed by atoms with E-state index < -0.39 is 67.9 Å². The average molecular weight is 850 g/mol. The van der Waals surface area contributed by atoms with E-state index in [1.54, 1.807) is 21.7 Å². The molecule has 4 aromatic rings. The van der Waals surface area contributed by atoms with E-state index in [0.717, 1.165) is 30.0 Å². The Balaban J connectivity index is 1.17. The Kier molecular flexibility index (Phi) is 11.3. The maximum absolute atomic E-state index is 15.3. The normalized spacial score (nSPS) is 23.4. The number of nitrogens with zero attached hydrogens (tertiary/aromatic N) is 5. The first-order valence-electron chi connectivity index (χ1n) is 21.4. The van der Waals surface area contributed by atoms with E-state index in [2.05, 4.69) is 21.6 Å². The molecule has 15 heteroatoms. The van der Waals surface area contributed by atoms with Gasteiger partial charge >= 0.3 is 6.03 Å². The molecule has 4 aliphatic rings. The van der Waals surface area contributed by atoms with Gasteiger partial charge < -0.3 is 20.0 Å². The van der Waals surface area contributed by atoms with Crippen LogP contribution >= 0.6 is 0 Å². The standard InChI is InChI=1S/C46H55N7O7S/c1-5-30-27-46(30,43(57)49-61(59,60)33-20-21-33)48-41(55)39-25-32(29-52(39)42(56)36(45(2,3)4)26-40(54)50-23-13-6-14-24-50)51(28-31-15-11-12-22-47-31)44(58)53-37-18-9-7-16-34(37)35-17-8-10-19-38(35)53/h5,7-12,15-19,22,30,32-33,36,39H,1,6,13-14,20-21,23-29H2,2-4H3,(H,48,55)(H,49,57)/t30?,32-,36-,39+,46-/m1/s1. The van der Waals surface area contributed by atoms with Crippen molar-refractivity contribution in [3.63, 3.8) is 0 Å².